The van der Waals surface area contributed by atoms with Gasteiger partial charge in [-0.15, -0.1) is 0 Å². The predicted molar refractivity (Wildman–Crippen MR) is 98.8 cm³/mol. The summed E-state index contributed by atoms with van der Waals surface area (Å²) in [5.41, 5.74) is 0.294. The number of carbonyl (C=O) groups excluding carboxylic acids is 1. The molecule has 0 radical (unpaired) electrons. The van der Waals surface area contributed by atoms with Crippen LogP contribution >= 0.6 is 11.6 Å². The molecule has 9 nitrogen and oxygen atoms in total. The summed E-state index contributed by atoms with van der Waals surface area (Å²) in [6, 6.07) is 7.36. The maximum absolute atomic E-state index is 11.0. The summed E-state index contributed by atoms with van der Waals surface area (Å²) in [5, 5.41) is 11.3. The summed E-state index contributed by atoms with van der Waals surface area (Å²) in [6.45, 7) is 5.26. The molecule has 0 aliphatic heterocycles. The Labute approximate surface area is 159 Å². The molecule has 0 unspecified atom stereocenters. The van der Waals surface area contributed by atoms with E-state index in [1.807, 2.05) is 13.8 Å². The lowest BCUT2D eigenvalue weighted by Crippen LogP contribution is -2.06. The van der Waals surface area contributed by atoms with E-state index in [4.69, 9.17) is 21.1 Å². The number of esters is 1. The molecule has 0 saturated heterocycles. The van der Waals surface area contributed by atoms with Crippen LogP contribution in [0.5, 0.6) is 11.6 Å². The molecule has 0 N–H and O–H groups in total. The van der Waals surface area contributed by atoms with Gasteiger partial charge in [0.1, 0.15) is 5.75 Å². The Morgan fingerprint density at radius 2 is 2.04 bits per heavy atom. The maximum atomic E-state index is 11.0. The van der Waals surface area contributed by atoms with Gasteiger partial charge in [0, 0.05) is 19.2 Å². The first-order chi connectivity index (χ1) is 12.9. The summed E-state index contributed by atoms with van der Waals surface area (Å²) in [7, 11) is 0. The molecule has 1 aromatic carbocycles. The number of rotatable bonds is 5. The molecule has 2 aromatic heterocycles. The van der Waals surface area contributed by atoms with E-state index in [1.54, 1.807) is 22.9 Å². The molecule has 3 aromatic rings. The number of fused-ring (bicyclic) bond motifs is 1. The van der Waals surface area contributed by atoms with Gasteiger partial charge in [0.05, 0.1) is 16.4 Å². The third-order valence-corrected chi connectivity index (χ3v) is 3.38. The van der Waals surface area contributed by atoms with Gasteiger partial charge in [0.25, 0.3) is 5.69 Å². The molecule has 10 heteroatoms. The summed E-state index contributed by atoms with van der Waals surface area (Å²) in [6.07, 6.45) is 1.64. The molecule has 0 amide bonds. The quantitative estimate of drug-likeness (QED) is 0.275. The third-order valence-electron chi connectivity index (χ3n) is 3.21. The van der Waals surface area contributed by atoms with Crippen molar-refractivity contribution in [3.63, 3.8) is 0 Å². The lowest BCUT2D eigenvalue weighted by Gasteiger charge is -2.08. The molecule has 27 heavy (non-hydrogen) atoms. The van der Waals surface area contributed by atoms with Gasteiger partial charge in [0.15, 0.2) is 12.4 Å². The van der Waals surface area contributed by atoms with Crippen molar-refractivity contribution in [3.05, 3.63) is 51.9 Å². The summed E-state index contributed by atoms with van der Waals surface area (Å²) in [4.78, 5) is 29.4. The standard InChI is InChI=1S/C15H11ClN4O5.C2H6/c1-9(21)24-8-19-6-5-12-13(19)17-15(16)18-14(12)25-11-4-2-3-10(7-11)20(22)23;1-2/h2-7H,8H2,1H3;1-2H3. The number of aromatic nitrogens is 3. The zero-order chi connectivity index (χ0) is 20.0. The number of nitro benzene ring substituents is 1. The fraction of sp³-hybridized carbons (Fsp3) is 0.235. The molecule has 0 aliphatic rings. The Morgan fingerprint density at radius 1 is 1.30 bits per heavy atom. The highest BCUT2D eigenvalue weighted by Gasteiger charge is 2.15. The van der Waals surface area contributed by atoms with Crippen molar-refractivity contribution in [1.29, 1.82) is 0 Å². The minimum absolute atomic E-state index is 0.0393. The van der Waals surface area contributed by atoms with Gasteiger partial charge < -0.3 is 9.47 Å². The van der Waals surface area contributed by atoms with Gasteiger partial charge in [-0.25, -0.2) is 0 Å². The molecule has 2 heterocycles. The number of ether oxygens (including phenoxy) is 2. The van der Waals surface area contributed by atoms with Crippen LogP contribution in [-0.2, 0) is 16.3 Å². The van der Waals surface area contributed by atoms with E-state index in [1.165, 1.54) is 25.1 Å². The summed E-state index contributed by atoms with van der Waals surface area (Å²) >= 11 is 5.93. The van der Waals surface area contributed by atoms with Crippen molar-refractivity contribution in [3.8, 4) is 11.6 Å². The molecule has 142 valence electrons. The fourth-order valence-electron chi connectivity index (χ4n) is 2.13. The van der Waals surface area contributed by atoms with Crippen LogP contribution in [0.2, 0.25) is 5.28 Å². The SMILES string of the molecule is CC.CC(=O)OCn1ccc2c(Oc3cccc([N+](=O)[O-])c3)nc(Cl)nc21. The topological polar surface area (TPSA) is 109 Å². The first kappa shape index (κ1) is 20.1. The smallest absolute Gasteiger partial charge is 0.304 e. The Balaban J connectivity index is 0.00000126. The van der Waals surface area contributed by atoms with E-state index in [0.717, 1.165) is 0 Å². The molecular formula is C17H17ClN4O5. The Bertz CT molecular complexity index is 973. The van der Waals surface area contributed by atoms with Gasteiger partial charge in [0.2, 0.25) is 11.2 Å². The molecule has 0 spiro atoms. The zero-order valence-electron chi connectivity index (χ0n) is 14.9. The van der Waals surface area contributed by atoms with E-state index in [-0.39, 0.29) is 29.3 Å². The minimum atomic E-state index is -0.523. The number of carbonyl (C=O) groups is 1. The predicted octanol–water partition coefficient (Wildman–Crippen LogP) is 4.33. The van der Waals surface area contributed by atoms with Crippen LogP contribution < -0.4 is 4.74 Å². The molecule has 0 aliphatic carbocycles. The maximum Gasteiger partial charge on any atom is 0.304 e. The van der Waals surface area contributed by atoms with Crippen molar-refractivity contribution >= 4 is 34.3 Å². The van der Waals surface area contributed by atoms with Crippen LogP contribution in [0.1, 0.15) is 20.8 Å². The molecule has 3 rings (SSSR count). The molecule has 0 atom stereocenters. The van der Waals surface area contributed by atoms with Crippen LogP contribution in [0.4, 0.5) is 5.69 Å². The normalized spacial score (nSPS) is 10.1. The van der Waals surface area contributed by atoms with E-state index < -0.39 is 10.9 Å². The number of hydrogen-bond acceptors (Lipinski definition) is 7. The number of nitro groups is 1. The Kier molecular flexibility index (Phi) is 6.67. The number of halogens is 1. The number of hydrogen-bond donors (Lipinski definition) is 0. The monoisotopic (exact) mass is 392 g/mol. The van der Waals surface area contributed by atoms with Gasteiger partial charge in [-0.05, 0) is 23.7 Å². The largest absolute Gasteiger partial charge is 0.444 e. The van der Waals surface area contributed by atoms with Crippen molar-refractivity contribution < 1.29 is 19.2 Å². The lowest BCUT2D eigenvalue weighted by molar-refractivity contribution is -0.384. The van der Waals surface area contributed by atoms with E-state index in [9.17, 15) is 14.9 Å². The van der Waals surface area contributed by atoms with E-state index in [0.29, 0.717) is 11.0 Å². The van der Waals surface area contributed by atoms with Crippen molar-refractivity contribution in [1.82, 2.24) is 14.5 Å². The number of benzene rings is 1. The first-order valence-corrected chi connectivity index (χ1v) is 8.40. The van der Waals surface area contributed by atoms with Crippen LogP contribution in [0.15, 0.2) is 36.5 Å². The molecule has 0 fully saturated rings. The highest BCUT2D eigenvalue weighted by molar-refractivity contribution is 6.28. The van der Waals surface area contributed by atoms with Gasteiger partial charge in [-0.2, -0.15) is 9.97 Å². The molecule has 0 saturated carbocycles. The Hall–Kier alpha value is -3.20. The fourth-order valence-corrected chi connectivity index (χ4v) is 2.28. The highest BCUT2D eigenvalue weighted by atomic mass is 35.5. The first-order valence-electron chi connectivity index (χ1n) is 8.02. The molecular weight excluding hydrogens is 376 g/mol. The number of non-ortho nitro benzene ring substituents is 1. The van der Waals surface area contributed by atoms with Crippen LogP contribution in [0.3, 0.4) is 0 Å². The summed E-state index contributed by atoms with van der Waals surface area (Å²) < 4.78 is 12.1. The van der Waals surface area contributed by atoms with Gasteiger partial charge in [-0.3, -0.25) is 19.5 Å². The highest BCUT2D eigenvalue weighted by Crippen LogP contribution is 2.30. The molecule has 0 bridgehead atoms. The van der Waals surface area contributed by atoms with Gasteiger partial charge in [-0.1, -0.05) is 19.9 Å². The van der Waals surface area contributed by atoms with Crippen molar-refractivity contribution in [2.75, 3.05) is 0 Å². The zero-order valence-corrected chi connectivity index (χ0v) is 15.6. The minimum Gasteiger partial charge on any atom is -0.444 e. The van der Waals surface area contributed by atoms with Crippen molar-refractivity contribution in [2.45, 2.75) is 27.5 Å². The average Bonchev–Trinajstić information content (AvgIpc) is 3.05. The Morgan fingerprint density at radius 3 is 2.70 bits per heavy atom. The average molecular weight is 393 g/mol. The van der Waals surface area contributed by atoms with E-state index in [2.05, 4.69) is 9.97 Å². The van der Waals surface area contributed by atoms with Crippen molar-refractivity contribution in [2.24, 2.45) is 0 Å². The summed E-state index contributed by atoms with van der Waals surface area (Å²) in [5.74, 6) is -0.0647. The number of nitrogens with zero attached hydrogens (tertiary/aromatic N) is 4. The second-order valence-corrected chi connectivity index (χ2v) is 5.28. The second kappa shape index (κ2) is 8.95. The van der Waals surface area contributed by atoms with Crippen LogP contribution in [0.25, 0.3) is 11.0 Å². The van der Waals surface area contributed by atoms with Gasteiger partial charge >= 0.3 is 5.97 Å². The van der Waals surface area contributed by atoms with Crippen LogP contribution in [-0.4, -0.2) is 25.4 Å². The van der Waals surface area contributed by atoms with Crippen LogP contribution in [0, 0.1) is 10.1 Å². The third kappa shape index (κ3) is 4.91. The second-order valence-electron chi connectivity index (χ2n) is 4.94. The van der Waals surface area contributed by atoms with E-state index >= 15 is 0 Å². The lowest BCUT2D eigenvalue weighted by atomic mass is 10.3.